The Bertz CT molecular complexity index is 125. The molecule has 0 amide bonds. The zero-order chi connectivity index (χ0) is 12.1. The number of aliphatic hydroxyl groups excluding tert-OH is 2. The molecule has 1 unspecified atom stereocenters. The van der Waals surface area contributed by atoms with E-state index in [1.165, 1.54) is 0 Å². The first kappa shape index (κ1) is 18.6. The van der Waals surface area contributed by atoms with Crippen LogP contribution < -0.4 is 5.73 Å². The molecule has 0 rings (SSSR count). The molecule has 7 nitrogen and oxygen atoms in total. The smallest absolute Gasteiger partial charge is 0.300 e. The zero-order valence-corrected chi connectivity index (χ0v) is 8.17. The highest BCUT2D eigenvalue weighted by Crippen LogP contribution is 1.69. The summed E-state index contributed by atoms with van der Waals surface area (Å²) in [5.41, 5.74) is 4.87. The molecule has 0 saturated heterocycles. The standard InChI is InChI=1S/C3H9NO2.2C2H4O2/c4-1-3(6)2-5;2*1-2(3)4/h3,5-6H,1-2,4H2;2*1H3,(H,3,4). The van der Waals surface area contributed by atoms with Crippen LogP contribution in [0.5, 0.6) is 0 Å². The summed E-state index contributed by atoms with van der Waals surface area (Å²) >= 11 is 0. The van der Waals surface area contributed by atoms with Crippen molar-refractivity contribution in [3.05, 3.63) is 0 Å². The fraction of sp³-hybridized carbons (Fsp3) is 0.714. The Hall–Kier alpha value is -1.18. The van der Waals surface area contributed by atoms with Crippen molar-refractivity contribution in [3.8, 4) is 0 Å². The number of aliphatic hydroxyl groups is 2. The van der Waals surface area contributed by atoms with Gasteiger partial charge in [0.2, 0.25) is 0 Å². The Morgan fingerprint density at radius 2 is 1.43 bits per heavy atom. The molecule has 0 aliphatic rings. The molecule has 0 radical (unpaired) electrons. The zero-order valence-electron chi connectivity index (χ0n) is 8.17. The summed E-state index contributed by atoms with van der Waals surface area (Å²) in [6, 6.07) is 0. The maximum absolute atomic E-state index is 9.00. The number of carboxylic acids is 2. The van der Waals surface area contributed by atoms with E-state index >= 15 is 0 Å². The van der Waals surface area contributed by atoms with E-state index in [2.05, 4.69) is 0 Å². The van der Waals surface area contributed by atoms with Crippen LogP contribution >= 0.6 is 0 Å². The summed E-state index contributed by atoms with van der Waals surface area (Å²) in [4.78, 5) is 18.0. The van der Waals surface area contributed by atoms with E-state index in [1.54, 1.807) is 0 Å². The van der Waals surface area contributed by atoms with Crippen LogP contribution in [-0.4, -0.2) is 51.6 Å². The van der Waals surface area contributed by atoms with E-state index in [0.717, 1.165) is 13.8 Å². The molecule has 86 valence electrons. The number of nitrogens with two attached hydrogens (primary N) is 1. The van der Waals surface area contributed by atoms with Gasteiger partial charge in [-0.1, -0.05) is 0 Å². The molecule has 0 bridgehead atoms. The van der Waals surface area contributed by atoms with E-state index in [4.69, 9.17) is 35.7 Å². The molecule has 0 saturated carbocycles. The molecule has 0 spiro atoms. The van der Waals surface area contributed by atoms with Gasteiger partial charge in [0, 0.05) is 20.4 Å². The van der Waals surface area contributed by atoms with Gasteiger partial charge in [0.05, 0.1) is 12.7 Å². The van der Waals surface area contributed by atoms with Gasteiger partial charge in [0.1, 0.15) is 0 Å². The van der Waals surface area contributed by atoms with Gasteiger partial charge < -0.3 is 26.2 Å². The molecule has 7 heteroatoms. The number of aliphatic carboxylic acids is 2. The van der Waals surface area contributed by atoms with Crippen molar-refractivity contribution in [1.29, 1.82) is 0 Å². The molecule has 0 aromatic carbocycles. The highest BCUT2D eigenvalue weighted by atomic mass is 16.4. The first-order valence-corrected chi connectivity index (χ1v) is 3.65. The normalized spacial score (nSPS) is 9.79. The SMILES string of the molecule is CC(=O)O.CC(=O)O.NCC(O)CO. The van der Waals surface area contributed by atoms with Crippen molar-refractivity contribution in [2.45, 2.75) is 20.0 Å². The first-order chi connectivity index (χ1) is 6.27. The number of hydrogen-bond acceptors (Lipinski definition) is 5. The third-order valence-corrected chi connectivity index (χ3v) is 0.483. The van der Waals surface area contributed by atoms with Crippen LogP contribution in [0.15, 0.2) is 0 Å². The van der Waals surface area contributed by atoms with Crippen LogP contribution in [0, 0.1) is 0 Å². The Balaban J connectivity index is -0.000000135. The molecule has 0 heterocycles. The maximum atomic E-state index is 9.00. The summed E-state index contributed by atoms with van der Waals surface area (Å²) in [5, 5.41) is 31.1. The van der Waals surface area contributed by atoms with Gasteiger partial charge in [-0.2, -0.15) is 0 Å². The largest absolute Gasteiger partial charge is 0.481 e. The Labute approximate surface area is 81.8 Å². The molecule has 0 fully saturated rings. The number of carboxylic acid groups (broad SMARTS) is 2. The van der Waals surface area contributed by atoms with Gasteiger partial charge in [-0.3, -0.25) is 9.59 Å². The highest BCUT2D eigenvalue weighted by Gasteiger charge is 1.92. The summed E-state index contributed by atoms with van der Waals surface area (Å²) in [6.07, 6.45) is -0.731. The summed E-state index contributed by atoms with van der Waals surface area (Å²) < 4.78 is 0. The second-order valence-electron chi connectivity index (χ2n) is 2.11. The molecule has 6 N–H and O–H groups in total. The Morgan fingerprint density at radius 3 is 1.43 bits per heavy atom. The third-order valence-electron chi connectivity index (χ3n) is 0.483. The second kappa shape index (κ2) is 14.3. The van der Waals surface area contributed by atoms with Crippen LogP contribution in [0.2, 0.25) is 0 Å². The lowest BCUT2D eigenvalue weighted by Crippen LogP contribution is -2.22. The van der Waals surface area contributed by atoms with Crippen molar-refractivity contribution < 1.29 is 30.0 Å². The maximum Gasteiger partial charge on any atom is 0.300 e. The topological polar surface area (TPSA) is 141 Å². The Morgan fingerprint density at radius 1 is 1.21 bits per heavy atom. The van der Waals surface area contributed by atoms with E-state index in [9.17, 15) is 0 Å². The summed E-state index contributed by atoms with van der Waals surface area (Å²) in [6.45, 7) is 2.06. The molecular formula is C7H17NO6. The molecule has 0 aliphatic heterocycles. The summed E-state index contributed by atoms with van der Waals surface area (Å²) in [7, 11) is 0. The highest BCUT2D eigenvalue weighted by molar-refractivity contribution is 5.63. The predicted molar refractivity (Wildman–Crippen MR) is 48.8 cm³/mol. The average Bonchev–Trinajstić information content (AvgIpc) is 2.01. The lowest BCUT2D eigenvalue weighted by molar-refractivity contribution is -0.135. The van der Waals surface area contributed by atoms with Crippen LogP contribution in [-0.2, 0) is 9.59 Å². The molecule has 0 aromatic heterocycles. The number of rotatable bonds is 2. The van der Waals surface area contributed by atoms with Crippen LogP contribution in [0.4, 0.5) is 0 Å². The van der Waals surface area contributed by atoms with E-state index in [1.807, 2.05) is 0 Å². The van der Waals surface area contributed by atoms with Crippen LogP contribution in [0.1, 0.15) is 13.8 Å². The van der Waals surface area contributed by atoms with Gasteiger partial charge >= 0.3 is 0 Å². The van der Waals surface area contributed by atoms with Gasteiger partial charge in [0.25, 0.3) is 11.9 Å². The van der Waals surface area contributed by atoms with Crippen molar-refractivity contribution >= 4 is 11.9 Å². The van der Waals surface area contributed by atoms with Crippen molar-refractivity contribution in [2.24, 2.45) is 5.73 Å². The van der Waals surface area contributed by atoms with Crippen molar-refractivity contribution in [1.82, 2.24) is 0 Å². The third kappa shape index (κ3) is 131. The minimum absolute atomic E-state index is 0.135. The number of hydrogen-bond donors (Lipinski definition) is 5. The average molecular weight is 211 g/mol. The molecular weight excluding hydrogens is 194 g/mol. The first-order valence-electron chi connectivity index (χ1n) is 3.65. The molecule has 1 atom stereocenters. The lowest BCUT2D eigenvalue weighted by atomic mass is 10.4. The van der Waals surface area contributed by atoms with Gasteiger partial charge in [-0.15, -0.1) is 0 Å². The second-order valence-corrected chi connectivity index (χ2v) is 2.11. The molecule has 0 aromatic rings. The molecule has 0 aliphatic carbocycles. The summed E-state index contributed by atoms with van der Waals surface area (Å²) in [5.74, 6) is -1.67. The van der Waals surface area contributed by atoms with Gasteiger partial charge in [0.15, 0.2) is 0 Å². The minimum atomic E-state index is -0.833. The molecule has 14 heavy (non-hydrogen) atoms. The van der Waals surface area contributed by atoms with Gasteiger partial charge in [-0.05, 0) is 0 Å². The fourth-order valence-electron chi connectivity index (χ4n) is 0.0745. The number of carbonyl (C=O) groups is 2. The van der Waals surface area contributed by atoms with Crippen LogP contribution in [0.3, 0.4) is 0 Å². The quantitative estimate of drug-likeness (QED) is 0.373. The Kier molecular flexibility index (Phi) is 19.0. The fourth-order valence-corrected chi connectivity index (χ4v) is 0.0745. The van der Waals surface area contributed by atoms with Gasteiger partial charge in [-0.25, -0.2) is 0 Å². The minimum Gasteiger partial charge on any atom is -0.481 e. The lowest BCUT2D eigenvalue weighted by Gasteiger charge is -1.97. The van der Waals surface area contributed by atoms with Crippen molar-refractivity contribution in [3.63, 3.8) is 0 Å². The van der Waals surface area contributed by atoms with Crippen molar-refractivity contribution in [2.75, 3.05) is 13.2 Å². The predicted octanol–water partition coefficient (Wildman–Crippen LogP) is -1.52. The monoisotopic (exact) mass is 211 g/mol. The van der Waals surface area contributed by atoms with E-state index < -0.39 is 18.0 Å². The van der Waals surface area contributed by atoms with E-state index in [0.29, 0.717) is 0 Å². The van der Waals surface area contributed by atoms with E-state index in [-0.39, 0.29) is 13.2 Å². The van der Waals surface area contributed by atoms with Crippen LogP contribution in [0.25, 0.3) is 0 Å².